The summed E-state index contributed by atoms with van der Waals surface area (Å²) in [6.45, 7) is 0. The Labute approximate surface area is 289 Å². The second-order valence-corrected chi connectivity index (χ2v) is 12.7. The topological polar surface area (TPSA) is 67.9 Å². The lowest BCUT2D eigenvalue weighted by Gasteiger charge is -2.30. The molecule has 2 atom stereocenters. The summed E-state index contributed by atoms with van der Waals surface area (Å²) in [6.07, 6.45) is 7.96. The fourth-order valence-corrected chi connectivity index (χ4v) is 7.52. The van der Waals surface area contributed by atoms with Gasteiger partial charge in [0.25, 0.3) is 0 Å². The van der Waals surface area contributed by atoms with Gasteiger partial charge in [0.05, 0.1) is 6.04 Å². The summed E-state index contributed by atoms with van der Waals surface area (Å²) in [5.41, 5.74) is 10.6. The first-order chi connectivity index (χ1) is 24.8. The number of anilines is 2. The molecule has 4 heterocycles. The Morgan fingerprint density at radius 2 is 1.24 bits per heavy atom. The van der Waals surface area contributed by atoms with E-state index in [1.54, 1.807) is 12.4 Å². The van der Waals surface area contributed by atoms with Crippen LogP contribution in [0.1, 0.15) is 22.8 Å². The second-order valence-electron chi connectivity index (χ2n) is 12.7. The maximum absolute atomic E-state index is 6.62. The molecule has 5 aromatic carbocycles. The average molecular weight is 644 g/mol. The zero-order valence-electron chi connectivity index (χ0n) is 26.9. The summed E-state index contributed by atoms with van der Waals surface area (Å²) >= 11 is 0. The quantitative estimate of drug-likeness (QED) is 0.186. The summed E-state index contributed by atoms with van der Waals surface area (Å²) in [5.74, 6) is 2.77. The lowest BCUT2D eigenvalue weighted by molar-refractivity contribution is 0.584. The molecular formula is C44H29N5O. The minimum absolute atomic E-state index is 0.136. The number of aromatic nitrogens is 4. The monoisotopic (exact) mass is 643 g/mol. The Balaban J connectivity index is 1.09. The minimum atomic E-state index is 0.136. The van der Waals surface area contributed by atoms with E-state index in [-0.39, 0.29) is 12.0 Å². The molecule has 6 heteroatoms. The highest BCUT2D eigenvalue weighted by Crippen LogP contribution is 2.53. The molecule has 0 N–H and O–H groups in total. The van der Waals surface area contributed by atoms with Crippen molar-refractivity contribution in [2.24, 2.45) is 0 Å². The fraction of sp³-hybridized carbons (Fsp3) is 0.0455. The molecule has 0 fully saturated rings. The van der Waals surface area contributed by atoms with Gasteiger partial charge >= 0.3 is 0 Å². The van der Waals surface area contributed by atoms with E-state index in [1.807, 2.05) is 42.5 Å². The molecule has 0 spiro atoms. The van der Waals surface area contributed by atoms with Crippen LogP contribution in [0.4, 0.5) is 11.4 Å². The highest BCUT2D eigenvalue weighted by atomic mass is 16.3. The van der Waals surface area contributed by atoms with Crippen LogP contribution in [0.3, 0.4) is 0 Å². The smallest absolute Gasteiger partial charge is 0.165 e. The predicted octanol–water partition coefficient (Wildman–Crippen LogP) is 10.4. The Morgan fingerprint density at radius 3 is 2.04 bits per heavy atom. The molecule has 236 valence electrons. The van der Waals surface area contributed by atoms with Gasteiger partial charge in [-0.2, -0.15) is 0 Å². The third-order valence-corrected chi connectivity index (χ3v) is 9.76. The number of nitrogens with zero attached hydrogens (tertiary/aromatic N) is 5. The number of hydrogen-bond acceptors (Lipinski definition) is 6. The van der Waals surface area contributed by atoms with Crippen LogP contribution in [0.25, 0.3) is 62.3 Å². The Hall–Kier alpha value is -6.66. The van der Waals surface area contributed by atoms with Gasteiger partial charge < -0.3 is 9.32 Å². The van der Waals surface area contributed by atoms with Crippen LogP contribution in [0, 0.1) is 0 Å². The molecule has 1 aliphatic heterocycles. The maximum Gasteiger partial charge on any atom is 0.165 e. The van der Waals surface area contributed by atoms with Gasteiger partial charge in [-0.15, -0.1) is 0 Å². The predicted molar refractivity (Wildman–Crippen MR) is 199 cm³/mol. The van der Waals surface area contributed by atoms with E-state index in [0.29, 0.717) is 17.5 Å². The van der Waals surface area contributed by atoms with E-state index in [1.165, 1.54) is 22.5 Å². The summed E-state index contributed by atoms with van der Waals surface area (Å²) in [4.78, 5) is 21.7. The number of benzene rings is 5. The van der Waals surface area contributed by atoms with Crippen molar-refractivity contribution in [3.05, 3.63) is 175 Å². The molecule has 1 aliphatic carbocycles. The highest BCUT2D eigenvalue weighted by molar-refractivity contribution is 5.92. The third-order valence-electron chi connectivity index (χ3n) is 9.76. The van der Waals surface area contributed by atoms with Gasteiger partial charge in [-0.3, -0.25) is 4.98 Å². The zero-order valence-corrected chi connectivity index (χ0v) is 26.9. The van der Waals surface area contributed by atoms with Gasteiger partial charge in [0.1, 0.15) is 11.3 Å². The second kappa shape index (κ2) is 11.5. The lowest BCUT2D eigenvalue weighted by atomic mass is 9.82. The molecule has 0 radical (unpaired) electrons. The minimum Gasteiger partial charge on any atom is -0.456 e. The number of para-hydroxylation sites is 2. The average Bonchev–Trinajstić information content (AvgIpc) is 3.74. The normalized spacial score (nSPS) is 15.9. The first-order valence-electron chi connectivity index (χ1n) is 16.8. The molecule has 0 saturated heterocycles. The first kappa shape index (κ1) is 28.4. The molecular weight excluding hydrogens is 615 g/mol. The Morgan fingerprint density at radius 1 is 0.560 bits per heavy atom. The maximum atomic E-state index is 6.62. The van der Waals surface area contributed by atoms with Gasteiger partial charge in [-0.05, 0) is 65.2 Å². The molecule has 2 aliphatic rings. The molecule has 8 aromatic rings. The fourth-order valence-electron chi connectivity index (χ4n) is 7.52. The zero-order chi connectivity index (χ0) is 33.0. The molecule has 0 amide bonds. The first-order valence-corrected chi connectivity index (χ1v) is 16.8. The standard InChI is InChI=1S/C44H29N5O/c1-3-11-28(12-4-1)29-13-9-14-30(25-29)42-46-43(48-44(47-42)32-15-10-24-45-27-32)31-20-21-35-39(26-31)50-38-23-22-37-40(41(35)38)34-18-7-8-19-36(34)49(37)33-16-5-2-6-17-33/h1-27,37,40H. The third kappa shape index (κ3) is 4.65. The molecule has 0 saturated carbocycles. The molecule has 2 unspecified atom stereocenters. The van der Waals surface area contributed by atoms with Gasteiger partial charge in [0.2, 0.25) is 0 Å². The molecule has 10 rings (SSSR count). The molecule has 0 bridgehead atoms. The van der Waals surface area contributed by atoms with Crippen LogP contribution in [0.15, 0.2) is 162 Å². The van der Waals surface area contributed by atoms with Crippen molar-refractivity contribution in [2.75, 3.05) is 4.90 Å². The van der Waals surface area contributed by atoms with Crippen LogP contribution in [0.2, 0.25) is 0 Å². The molecule has 3 aromatic heterocycles. The number of pyridine rings is 1. The van der Waals surface area contributed by atoms with Crippen LogP contribution in [-0.4, -0.2) is 26.0 Å². The lowest BCUT2D eigenvalue weighted by Crippen LogP contribution is -2.30. The number of rotatable bonds is 5. The van der Waals surface area contributed by atoms with E-state index in [4.69, 9.17) is 19.4 Å². The number of fused-ring (bicyclic) bond motifs is 7. The van der Waals surface area contributed by atoms with Crippen molar-refractivity contribution in [1.29, 1.82) is 0 Å². The summed E-state index contributed by atoms with van der Waals surface area (Å²) in [7, 11) is 0. The van der Waals surface area contributed by atoms with Crippen LogP contribution >= 0.6 is 0 Å². The number of hydrogen-bond donors (Lipinski definition) is 0. The van der Waals surface area contributed by atoms with E-state index in [2.05, 4.69) is 119 Å². The van der Waals surface area contributed by atoms with Crippen molar-refractivity contribution in [3.63, 3.8) is 0 Å². The van der Waals surface area contributed by atoms with Crippen molar-refractivity contribution in [3.8, 4) is 45.3 Å². The van der Waals surface area contributed by atoms with Crippen LogP contribution < -0.4 is 4.90 Å². The van der Waals surface area contributed by atoms with Crippen molar-refractivity contribution in [1.82, 2.24) is 19.9 Å². The van der Waals surface area contributed by atoms with Gasteiger partial charge in [0, 0.05) is 57.3 Å². The van der Waals surface area contributed by atoms with Crippen LogP contribution in [-0.2, 0) is 0 Å². The van der Waals surface area contributed by atoms with Crippen LogP contribution in [0.5, 0.6) is 0 Å². The molecule has 6 nitrogen and oxygen atoms in total. The van der Waals surface area contributed by atoms with Crippen molar-refractivity contribution in [2.45, 2.75) is 12.0 Å². The summed E-state index contributed by atoms with van der Waals surface area (Å²) in [6, 6.07) is 48.4. The van der Waals surface area contributed by atoms with E-state index >= 15 is 0 Å². The SMILES string of the molecule is C1=CC2C(c3ccccc3N2c2ccccc2)c2c1oc1cc(-c3nc(-c4cccnc4)nc(-c4cccc(-c5ccccc5)c4)n3)ccc21. The highest BCUT2D eigenvalue weighted by Gasteiger charge is 2.43. The largest absolute Gasteiger partial charge is 0.456 e. The Kier molecular flexibility index (Phi) is 6.52. The van der Waals surface area contributed by atoms with E-state index < -0.39 is 0 Å². The van der Waals surface area contributed by atoms with Gasteiger partial charge in [0.15, 0.2) is 17.5 Å². The summed E-state index contributed by atoms with van der Waals surface area (Å²) < 4.78 is 6.62. The molecule has 50 heavy (non-hydrogen) atoms. The summed E-state index contributed by atoms with van der Waals surface area (Å²) in [5, 5.41) is 1.10. The van der Waals surface area contributed by atoms with Gasteiger partial charge in [-0.1, -0.05) is 103 Å². The van der Waals surface area contributed by atoms with E-state index in [9.17, 15) is 0 Å². The van der Waals surface area contributed by atoms with E-state index in [0.717, 1.165) is 44.5 Å². The van der Waals surface area contributed by atoms with Gasteiger partial charge in [-0.25, -0.2) is 15.0 Å². The number of furan rings is 1. The Bertz CT molecular complexity index is 2560. The van der Waals surface area contributed by atoms with Crippen molar-refractivity contribution >= 4 is 28.4 Å². The van der Waals surface area contributed by atoms with Crippen molar-refractivity contribution < 1.29 is 4.42 Å².